The average molecular weight is 431 g/mol. The number of carbonyl (C=O) groups is 1. The largest absolute Gasteiger partial charge is 0.404 e. The number of carbonyl (C=O) groups excluding carboxylic acids is 1. The number of aliphatic imine (C=N–C) groups is 2. The number of amides is 1. The summed E-state index contributed by atoms with van der Waals surface area (Å²) in [6.45, 7) is 2.46. The maximum atomic E-state index is 13.3. The lowest BCUT2D eigenvalue weighted by molar-refractivity contribution is -0.128. The summed E-state index contributed by atoms with van der Waals surface area (Å²) >= 11 is 0. The van der Waals surface area contributed by atoms with Gasteiger partial charge in [-0.2, -0.15) is 0 Å². The molecule has 0 aromatic heterocycles. The maximum absolute atomic E-state index is 13.3. The third-order valence-electron chi connectivity index (χ3n) is 5.49. The van der Waals surface area contributed by atoms with Crippen LogP contribution in [0.2, 0.25) is 0 Å². The summed E-state index contributed by atoms with van der Waals surface area (Å²) in [5.41, 5.74) is 15.6. The van der Waals surface area contributed by atoms with E-state index in [2.05, 4.69) is 15.3 Å². The van der Waals surface area contributed by atoms with Crippen molar-refractivity contribution >= 4 is 29.2 Å². The molecule has 166 valence electrons. The Morgan fingerprint density at radius 1 is 1.42 bits per heavy atom. The predicted molar refractivity (Wildman–Crippen MR) is 119 cm³/mol. The van der Waals surface area contributed by atoms with Crippen molar-refractivity contribution in [3.05, 3.63) is 47.3 Å². The van der Waals surface area contributed by atoms with Gasteiger partial charge in [0.2, 0.25) is 5.91 Å². The van der Waals surface area contributed by atoms with Crippen molar-refractivity contribution in [3.8, 4) is 0 Å². The number of amidine groups is 1. The predicted octanol–water partition coefficient (Wildman–Crippen LogP) is 2.43. The second-order valence-electron chi connectivity index (χ2n) is 7.75. The van der Waals surface area contributed by atoms with Crippen LogP contribution in [0, 0.1) is 5.92 Å². The molecule has 0 radical (unpaired) electrons. The van der Waals surface area contributed by atoms with Gasteiger partial charge in [-0.25, -0.2) is 13.8 Å². The summed E-state index contributed by atoms with van der Waals surface area (Å²) < 4.78 is 26.5. The molecule has 1 atom stereocenters. The van der Waals surface area contributed by atoms with E-state index in [0.717, 1.165) is 16.8 Å². The highest BCUT2D eigenvalue weighted by Crippen LogP contribution is 2.48. The molecule has 1 aromatic rings. The summed E-state index contributed by atoms with van der Waals surface area (Å²) in [5, 5.41) is 3.13. The molecule has 1 saturated carbocycles. The average Bonchev–Trinajstić information content (AvgIpc) is 3.36. The molecule has 1 aliphatic carbocycles. The third kappa shape index (κ3) is 5.48. The fourth-order valence-corrected chi connectivity index (χ4v) is 3.51. The van der Waals surface area contributed by atoms with Crippen molar-refractivity contribution in [1.29, 1.82) is 0 Å². The smallest absolute Gasteiger partial charge is 0.253 e. The summed E-state index contributed by atoms with van der Waals surface area (Å²) in [4.78, 5) is 22.1. The standard InChI is InChI=1S/C22H28F2N6O/c1-14(31)30-7-6-20(28-12-17-9-22(17,23)24)19(13-30)21(26)29-18-5-3-4-15(8-18)16(10-25)11-27-2/h3-5,8,10-11,17,28H,6-7,9,12-13,25H2,1-2H3,(H2,26,29). The molecule has 9 heteroatoms. The quantitative estimate of drug-likeness (QED) is 0.456. The Hall–Kier alpha value is -3.23. The zero-order valence-corrected chi connectivity index (χ0v) is 17.7. The molecular weight excluding hydrogens is 402 g/mol. The lowest BCUT2D eigenvalue weighted by atomic mass is 10.0. The van der Waals surface area contributed by atoms with Gasteiger partial charge in [0.05, 0.1) is 12.2 Å². The first-order valence-corrected chi connectivity index (χ1v) is 10.1. The number of hydrogen-bond donors (Lipinski definition) is 3. The lowest BCUT2D eigenvalue weighted by Crippen LogP contribution is -2.41. The highest BCUT2D eigenvalue weighted by atomic mass is 19.3. The van der Waals surface area contributed by atoms with Crippen molar-refractivity contribution < 1.29 is 13.6 Å². The van der Waals surface area contributed by atoms with E-state index >= 15 is 0 Å². The number of alkyl halides is 2. The molecule has 7 nitrogen and oxygen atoms in total. The Labute approximate surface area is 180 Å². The van der Waals surface area contributed by atoms with Gasteiger partial charge in [-0.05, 0) is 17.7 Å². The summed E-state index contributed by atoms with van der Waals surface area (Å²) in [7, 11) is 1.66. The van der Waals surface area contributed by atoms with Gasteiger partial charge < -0.3 is 21.7 Å². The van der Waals surface area contributed by atoms with Crippen LogP contribution in [0.4, 0.5) is 14.5 Å². The van der Waals surface area contributed by atoms with Crippen LogP contribution >= 0.6 is 0 Å². The van der Waals surface area contributed by atoms with E-state index < -0.39 is 11.8 Å². The van der Waals surface area contributed by atoms with Gasteiger partial charge in [0.25, 0.3) is 5.92 Å². The fraction of sp³-hybridized carbons (Fsp3) is 0.409. The summed E-state index contributed by atoms with van der Waals surface area (Å²) in [6, 6.07) is 7.35. The molecule has 1 amide bonds. The number of allylic oxidation sites excluding steroid dienone is 1. The molecule has 1 aliphatic heterocycles. The van der Waals surface area contributed by atoms with Gasteiger partial charge in [-0.3, -0.25) is 9.79 Å². The SMILES string of the molecule is CN=CC(=CN)c1cccc(N=C(N)C2=C(NCC3CC3(F)F)CCN(C(C)=O)C2)c1. The molecule has 5 N–H and O–H groups in total. The normalized spacial score (nSPS) is 21.5. The molecule has 1 fully saturated rings. The van der Waals surface area contributed by atoms with Crippen LogP contribution in [0.3, 0.4) is 0 Å². The van der Waals surface area contributed by atoms with E-state index in [1.165, 1.54) is 13.1 Å². The van der Waals surface area contributed by atoms with Crippen LogP contribution < -0.4 is 16.8 Å². The molecule has 0 bridgehead atoms. The second-order valence-corrected chi connectivity index (χ2v) is 7.75. The van der Waals surface area contributed by atoms with Gasteiger partial charge in [0, 0.05) is 75.1 Å². The molecule has 1 unspecified atom stereocenters. The highest BCUT2D eigenvalue weighted by Gasteiger charge is 2.56. The third-order valence-corrected chi connectivity index (χ3v) is 5.49. The van der Waals surface area contributed by atoms with E-state index in [9.17, 15) is 13.6 Å². The Bertz CT molecular complexity index is 967. The molecule has 0 saturated heterocycles. The number of rotatable bonds is 7. The monoisotopic (exact) mass is 430 g/mol. The minimum absolute atomic E-state index is 0.0725. The van der Waals surface area contributed by atoms with Gasteiger partial charge in [0.1, 0.15) is 5.84 Å². The second kappa shape index (κ2) is 9.28. The number of nitrogens with two attached hydrogens (primary N) is 2. The lowest BCUT2D eigenvalue weighted by Gasteiger charge is -2.30. The van der Waals surface area contributed by atoms with Crippen molar-refractivity contribution in [3.63, 3.8) is 0 Å². The Balaban J connectivity index is 1.87. The van der Waals surface area contributed by atoms with E-state index in [1.54, 1.807) is 24.2 Å². The first kappa shape index (κ1) is 22.5. The fourth-order valence-electron chi connectivity index (χ4n) is 3.51. The van der Waals surface area contributed by atoms with Crippen LogP contribution in [-0.4, -0.2) is 55.5 Å². The van der Waals surface area contributed by atoms with E-state index in [4.69, 9.17) is 11.5 Å². The molecule has 3 rings (SSSR count). The van der Waals surface area contributed by atoms with Gasteiger partial charge in [-0.1, -0.05) is 12.1 Å². The van der Waals surface area contributed by atoms with E-state index in [-0.39, 0.29) is 31.3 Å². The number of nitrogens with zero attached hydrogens (tertiary/aromatic N) is 3. The van der Waals surface area contributed by atoms with Crippen LogP contribution in [0.15, 0.2) is 51.7 Å². The topological polar surface area (TPSA) is 109 Å². The number of benzene rings is 1. The van der Waals surface area contributed by atoms with Crippen molar-refractivity contribution in [2.45, 2.75) is 25.7 Å². The zero-order chi connectivity index (χ0) is 22.6. The molecule has 2 aliphatic rings. The van der Waals surface area contributed by atoms with Gasteiger partial charge >= 0.3 is 0 Å². The van der Waals surface area contributed by atoms with E-state index in [1.807, 2.05) is 18.2 Å². The molecule has 1 aromatic carbocycles. The number of hydrogen-bond acceptors (Lipinski definition) is 5. The summed E-state index contributed by atoms with van der Waals surface area (Å²) in [6.07, 6.45) is 3.52. The zero-order valence-electron chi connectivity index (χ0n) is 17.7. The Morgan fingerprint density at radius 2 is 2.16 bits per heavy atom. The van der Waals surface area contributed by atoms with Crippen LogP contribution in [0.5, 0.6) is 0 Å². The van der Waals surface area contributed by atoms with Crippen molar-refractivity contribution in [1.82, 2.24) is 10.2 Å². The van der Waals surface area contributed by atoms with Gasteiger partial charge in [0.15, 0.2) is 0 Å². The molecule has 0 spiro atoms. The number of halogens is 2. The molecular formula is C22H28F2N6O. The minimum atomic E-state index is -2.59. The Morgan fingerprint density at radius 3 is 2.77 bits per heavy atom. The maximum Gasteiger partial charge on any atom is 0.253 e. The number of nitrogens with one attached hydrogen (secondary N) is 1. The summed E-state index contributed by atoms with van der Waals surface area (Å²) in [5.74, 6) is -3.08. The first-order chi connectivity index (χ1) is 14.7. The van der Waals surface area contributed by atoms with Crippen molar-refractivity contribution in [2.75, 3.05) is 26.7 Å². The van der Waals surface area contributed by atoms with Crippen LogP contribution in [-0.2, 0) is 4.79 Å². The minimum Gasteiger partial charge on any atom is -0.404 e. The van der Waals surface area contributed by atoms with Crippen LogP contribution in [0.25, 0.3) is 5.57 Å². The molecule has 1 heterocycles. The van der Waals surface area contributed by atoms with E-state index in [0.29, 0.717) is 24.2 Å². The van der Waals surface area contributed by atoms with Crippen LogP contribution in [0.1, 0.15) is 25.3 Å². The molecule has 31 heavy (non-hydrogen) atoms. The first-order valence-electron chi connectivity index (χ1n) is 10.1. The van der Waals surface area contributed by atoms with Gasteiger partial charge in [-0.15, -0.1) is 0 Å². The highest BCUT2D eigenvalue weighted by molar-refractivity contribution is 6.10. The Kier molecular flexibility index (Phi) is 6.72. The van der Waals surface area contributed by atoms with Crippen molar-refractivity contribution in [2.24, 2.45) is 27.4 Å².